The van der Waals surface area contributed by atoms with Gasteiger partial charge < -0.3 is 19.5 Å². The van der Waals surface area contributed by atoms with E-state index in [9.17, 15) is 48.8 Å². The molecule has 0 bridgehead atoms. The van der Waals surface area contributed by atoms with Gasteiger partial charge in [-0.25, -0.2) is 16.8 Å². The molecule has 4 rings (SSSR count). The summed E-state index contributed by atoms with van der Waals surface area (Å²) in [6.45, 7) is 1.23. The van der Waals surface area contributed by atoms with E-state index in [0.717, 1.165) is 48.5 Å². The number of fused-ring (bicyclic) bond motifs is 1. The number of hydrogen-bond donors (Lipinski definition) is 2. The Morgan fingerprint density at radius 3 is 1.85 bits per heavy atom. The van der Waals surface area contributed by atoms with Crippen molar-refractivity contribution in [1.29, 1.82) is 0 Å². The van der Waals surface area contributed by atoms with Gasteiger partial charge in [0.15, 0.2) is 0 Å². The molecule has 0 aliphatic rings. The molecular weight excluding hydrogens is 699 g/mol. The molecule has 16 nitrogen and oxygen atoms in total. The summed E-state index contributed by atoms with van der Waals surface area (Å²) in [7, 11) is -15.0. The average molecular weight is 716 g/mol. The molecule has 0 heterocycles. The SMILES string of the molecule is CC(=O)Nc1ccc2c([O-])c(N=Nc3ccc(N=Nc4ccc(S(=O)(=O)[O-])cc4)cc3S(=O)(=O)[O-])c(S(=O)(=O)O)cc2c1.[Na+].[Na+].[Na+]. The second-order valence-electron chi connectivity index (χ2n) is 8.60. The van der Waals surface area contributed by atoms with Gasteiger partial charge in [-0.3, -0.25) is 9.35 Å². The van der Waals surface area contributed by atoms with Crippen LogP contribution in [-0.4, -0.2) is 44.8 Å². The number of nitrogens with zero attached hydrogens (tertiary/aromatic N) is 4. The third-order valence-corrected chi connectivity index (χ3v) is 8.09. The Bertz CT molecular complexity index is 2180. The molecule has 0 atom stereocenters. The predicted octanol–water partition coefficient (Wildman–Crippen LogP) is -5.23. The fourth-order valence-corrected chi connectivity index (χ4v) is 5.41. The smallest absolute Gasteiger partial charge is 0.871 e. The van der Waals surface area contributed by atoms with Crippen molar-refractivity contribution in [2.75, 3.05) is 5.32 Å². The van der Waals surface area contributed by atoms with E-state index in [-0.39, 0.29) is 117 Å². The summed E-state index contributed by atoms with van der Waals surface area (Å²) >= 11 is 0. The van der Waals surface area contributed by atoms with Gasteiger partial charge in [0, 0.05) is 12.6 Å². The molecule has 4 aromatic carbocycles. The van der Waals surface area contributed by atoms with Crippen LogP contribution in [0.1, 0.15) is 6.92 Å². The Morgan fingerprint density at radius 1 is 0.717 bits per heavy atom. The molecule has 46 heavy (non-hydrogen) atoms. The first-order chi connectivity index (χ1) is 19.9. The van der Waals surface area contributed by atoms with Gasteiger partial charge in [-0.1, -0.05) is 11.8 Å². The van der Waals surface area contributed by atoms with Crippen molar-refractivity contribution < 1.29 is 137 Å². The summed E-state index contributed by atoms with van der Waals surface area (Å²) in [6.07, 6.45) is 0. The number of anilines is 1. The number of nitrogens with one attached hydrogen (secondary N) is 1. The van der Waals surface area contributed by atoms with Gasteiger partial charge in [0.1, 0.15) is 30.8 Å². The van der Waals surface area contributed by atoms with Crippen molar-refractivity contribution in [3.05, 3.63) is 66.7 Å². The molecule has 4 aromatic rings. The summed E-state index contributed by atoms with van der Waals surface area (Å²) in [6, 6.07) is 11.9. The molecule has 0 fully saturated rings. The zero-order chi connectivity index (χ0) is 31.7. The number of hydrogen-bond acceptors (Lipinski definition) is 14. The molecule has 0 unspecified atom stereocenters. The van der Waals surface area contributed by atoms with Gasteiger partial charge in [-0.2, -0.15) is 18.6 Å². The standard InChI is InChI=1S/C24H19N5O11S3.3Na/c1-13(30)25-16-4-8-19-14(10-16)11-22(43(38,39)40)23(24(19)31)29-28-20-9-5-17(12-21(20)42(35,36)37)27-26-15-2-6-18(7-3-15)41(32,33)34;;;/h2-12,31H,1H3,(H,25,30)(H,32,33,34)(H,35,36,37)(H,38,39,40);;;/q;3*+1/p-3. The maximum atomic E-state index is 13.1. The van der Waals surface area contributed by atoms with E-state index in [4.69, 9.17) is 0 Å². The minimum Gasteiger partial charge on any atom is -0.871 e. The molecule has 0 saturated carbocycles. The third kappa shape index (κ3) is 10.7. The van der Waals surface area contributed by atoms with Gasteiger partial charge in [0.2, 0.25) is 5.91 Å². The zero-order valence-electron chi connectivity index (χ0n) is 24.4. The number of carbonyl (C=O) groups is 1. The van der Waals surface area contributed by atoms with Crippen LogP contribution >= 0.6 is 0 Å². The van der Waals surface area contributed by atoms with Crippen molar-refractivity contribution in [1.82, 2.24) is 0 Å². The van der Waals surface area contributed by atoms with Gasteiger partial charge in [-0.15, -0.1) is 10.2 Å². The van der Waals surface area contributed by atoms with E-state index in [0.29, 0.717) is 0 Å². The largest absolute Gasteiger partial charge is 1.00 e. The molecule has 0 aliphatic carbocycles. The second-order valence-corrected chi connectivity index (χ2v) is 12.7. The van der Waals surface area contributed by atoms with Gasteiger partial charge >= 0.3 is 88.7 Å². The average Bonchev–Trinajstić information content (AvgIpc) is 2.89. The Hall–Kier alpha value is -1.66. The number of azo groups is 2. The first-order valence-corrected chi connectivity index (χ1v) is 15.7. The van der Waals surface area contributed by atoms with Crippen molar-refractivity contribution >= 4 is 75.5 Å². The number of amides is 1. The van der Waals surface area contributed by atoms with Crippen LogP contribution in [0, 0.1) is 0 Å². The van der Waals surface area contributed by atoms with E-state index in [2.05, 4.69) is 25.8 Å². The molecule has 22 heteroatoms. The maximum absolute atomic E-state index is 13.1. The maximum Gasteiger partial charge on any atom is 1.00 e. The molecule has 1 amide bonds. The normalized spacial score (nSPS) is 11.9. The molecule has 0 radical (unpaired) electrons. The topological polar surface area (TPSA) is 270 Å². The fraction of sp³-hybridized carbons (Fsp3) is 0.0417. The summed E-state index contributed by atoms with van der Waals surface area (Å²) < 4.78 is 103. The summed E-state index contributed by atoms with van der Waals surface area (Å²) in [4.78, 5) is 8.88. The molecular formula is C24H16N5Na3O11S3. The van der Waals surface area contributed by atoms with Crippen LogP contribution in [0.2, 0.25) is 0 Å². The van der Waals surface area contributed by atoms with E-state index in [1.165, 1.54) is 25.1 Å². The van der Waals surface area contributed by atoms with Crippen LogP contribution < -0.4 is 99.1 Å². The summed E-state index contributed by atoms with van der Waals surface area (Å²) in [5.41, 5.74) is -1.38. The van der Waals surface area contributed by atoms with Crippen LogP contribution in [0.3, 0.4) is 0 Å². The van der Waals surface area contributed by atoms with Crippen molar-refractivity contribution in [3.8, 4) is 5.75 Å². The minimum atomic E-state index is -5.25. The monoisotopic (exact) mass is 715 g/mol. The van der Waals surface area contributed by atoms with Crippen molar-refractivity contribution in [2.24, 2.45) is 20.5 Å². The number of benzene rings is 4. The summed E-state index contributed by atoms with van der Waals surface area (Å²) in [5, 5.41) is 30.2. The van der Waals surface area contributed by atoms with E-state index in [1.54, 1.807) is 0 Å². The third-order valence-electron chi connectivity index (χ3n) is 5.51. The molecule has 0 saturated heterocycles. The molecule has 224 valence electrons. The first-order valence-electron chi connectivity index (χ1n) is 11.5. The minimum absolute atomic E-state index is 0. The van der Waals surface area contributed by atoms with E-state index in [1.807, 2.05) is 0 Å². The molecule has 2 N–H and O–H groups in total. The van der Waals surface area contributed by atoms with Gasteiger partial charge in [0.05, 0.1) is 26.9 Å². The van der Waals surface area contributed by atoms with Crippen molar-refractivity contribution in [2.45, 2.75) is 21.6 Å². The van der Waals surface area contributed by atoms with E-state index < -0.39 is 68.1 Å². The molecule has 0 spiro atoms. The Balaban J connectivity index is 0.00000353. The Kier molecular flexibility index (Phi) is 15.3. The van der Waals surface area contributed by atoms with Gasteiger partial charge in [-0.05, 0) is 71.4 Å². The van der Waals surface area contributed by atoms with Crippen LogP contribution in [0.5, 0.6) is 5.75 Å². The van der Waals surface area contributed by atoms with Gasteiger partial charge in [0.25, 0.3) is 10.1 Å². The fourth-order valence-electron chi connectivity index (χ4n) is 3.66. The van der Waals surface area contributed by atoms with Crippen LogP contribution in [0.25, 0.3) is 10.8 Å². The summed E-state index contributed by atoms with van der Waals surface area (Å²) in [5.74, 6) is -1.46. The number of rotatable bonds is 8. The first kappa shape index (κ1) is 42.4. The second kappa shape index (κ2) is 16.6. The van der Waals surface area contributed by atoms with Crippen LogP contribution in [-0.2, 0) is 35.1 Å². The zero-order valence-corrected chi connectivity index (χ0v) is 32.8. The van der Waals surface area contributed by atoms with Crippen LogP contribution in [0.15, 0.2) is 102 Å². The number of carbonyl (C=O) groups excluding carboxylic acids is 1. The molecule has 0 aromatic heterocycles. The van der Waals surface area contributed by atoms with Crippen LogP contribution in [0.4, 0.5) is 28.4 Å². The Morgan fingerprint density at radius 2 is 1.30 bits per heavy atom. The molecule has 0 aliphatic heterocycles. The van der Waals surface area contributed by atoms with Crippen molar-refractivity contribution in [3.63, 3.8) is 0 Å². The Labute approximate surface area is 328 Å². The van der Waals surface area contributed by atoms with E-state index >= 15 is 0 Å². The predicted molar refractivity (Wildman–Crippen MR) is 145 cm³/mol. The quantitative estimate of drug-likeness (QED) is 0.0988.